The highest BCUT2D eigenvalue weighted by Crippen LogP contribution is 2.52. The fourth-order valence-electron chi connectivity index (χ4n) is 5.60. The van der Waals surface area contributed by atoms with Crippen molar-refractivity contribution in [3.63, 3.8) is 0 Å². The van der Waals surface area contributed by atoms with Crippen LogP contribution >= 0.6 is 0 Å². The Morgan fingerprint density at radius 3 is 2.64 bits per heavy atom. The van der Waals surface area contributed by atoms with Gasteiger partial charge in [-0.15, -0.1) is 0 Å². The predicted molar refractivity (Wildman–Crippen MR) is 136 cm³/mol. The molecule has 3 aromatic carbocycles. The molecule has 0 spiro atoms. The summed E-state index contributed by atoms with van der Waals surface area (Å²) in [6.45, 7) is 4.38. The summed E-state index contributed by atoms with van der Waals surface area (Å²) < 4.78 is 19.6. The zero-order chi connectivity index (χ0) is 24.6. The van der Waals surface area contributed by atoms with E-state index in [0.717, 1.165) is 54.9 Å². The van der Waals surface area contributed by atoms with Gasteiger partial charge in [0.1, 0.15) is 5.75 Å². The molecule has 1 aliphatic carbocycles. The first-order valence-corrected chi connectivity index (χ1v) is 12.4. The van der Waals surface area contributed by atoms with Gasteiger partial charge in [0.2, 0.25) is 0 Å². The molecule has 184 valence electrons. The maximum absolute atomic E-state index is 6.50. The second kappa shape index (κ2) is 9.28. The Morgan fingerprint density at radius 2 is 1.86 bits per heavy atom. The Labute approximate surface area is 210 Å². The Kier molecular flexibility index (Phi) is 5.81. The summed E-state index contributed by atoms with van der Waals surface area (Å²) in [7, 11) is 3.38. The zero-order valence-electron chi connectivity index (χ0n) is 20.8. The van der Waals surface area contributed by atoms with Crippen LogP contribution in [-0.4, -0.2) is 52.4 Å². The first-order chi connectivity index (χ1) is 17.7. The SMILES string of the molecule is CCCN1CCc2cc(OC)cc3c2[C@H]1Cc1ccc(OC)c(Oc2nnnn2-c2ccccc2)c1-3. The number of rotatable bonds is 7. The van der Waals surface area contributed by atoms with E-state index in [1.165, 1.54) is 16.7 Å². The summed E-state index contributed by atoms with van der Waals surface area (Å²) in [5.41, 5.74) is 6.88. The molecule has 1 aromatic heterocycles. The maximum atomic E-state index is 6.50. The lowest BCUT2D eigenvalue weighted by Gasteiger charge is -2.42. The summed E-state index contributed by atoms with van der Waals surface area (Å²) in [6.07, 6.45) is 3.03. The van der Waals surface area contributed by atoms with Crippen LogP contribution in [0.3, 0.4) is 0 Å². The number of methoxy groups -OCH3 is 2. The van der Waals surface area contributed by atoms with Gasteiger partial charge in [0, 0.05) is 18.2 Å². The van der Waals surface area contributed by atoms with E-state index >= 15 is 0 Å². The molecule has 0 radical (unpaired) electrons. The van der Waals surface area contributed by atoms with Crippen LogP contribution in [0.4, 0.5) is 0 Å². The number of hydrogen-bond acceptors (Lipinski definition) is 7. The van der Waals surface area contributed by atoms with Crippen molar-refractivity contribution in [3.8, 4) is 40.1 Å². The van der Waals surface area contributed by atoms with Gasteiger partial charge in [-0.3, -0.25) is 4.90 Å². The normalized spacial score (nSPS) is 16.2. The van der Waals surface area contributed by atoms with Crippen LogP contribution in [0.2, 0.25) is 0 Å². The van der Waals surface area contributed by atoms with Crippen LogP contribution in [0.1, 0.15) is 36.1 Å². The van der Waals surface area contributed by atoms with E-state index in [1.807, 2.05) is 36.4 Å². The molecular formula is C28H29N5O3. The molecule has 6 rings (SSSR count). The molecule has 2 heterocycles. The Hall–Kier alpha value is -3.91. The van der Waals surface area contributed by atoms with Crippen molar-refractivity contribution in [2.24, 2.45) is 0 Å². The Morgan fingerprint density at radius 1 is 1.00 bits per heavy atom. The summed E-state index contributed by atoms with van der Waals surface area (Å²) in [5.74, 6) is 2.10. The largest absolute Gasteiger partial charge is 0.497 e. The number of aromatic nitrogens is 4. The van der Waals surface area contributed by atoms with E-state index in [9.17, 15) is 0 Å². The molecule has 0 fully saturated rings. The van der Waals surface area contributed by atoms with E-state index < -0.39 is 0 Å². The molecule has 8 nitrogen and oxygen atoms in total. The van der Waals surface area contributed by atoms with E-state index in [2.05, 4.69) is 45.5 Å². The van der Waals surface area contributed by atoms with Gasteiger partial charge in [0.25, 0.3) is 0 Å². The molecule has 8 heteroatoms. The molecule has 1 atom stereocenters. The number of tetrazole rings is 1. The molecule has 4 aromatic rings. The van der Waals surface area contributed by atoms with E-state index in [1.54, 1.807) is 18.9 Å². The van der Waals surface area contributed by atoms with Gasteiger partial charge in [0.15, 0.2) is 11.5 Å². The van der Waals surface area contributed by atoms with Gasteiger partial charge in [0.05, 0.1) is 19.9 Å². The third-order valence-electron chi connectivity index (χ3n) is 7.17. The third kappa shape index (κ3) is 3.69. The molecule has 0 amide bonds. The lowest BCUT2D eigenvalue weighted by molar-refractivity contribution is 0.182. The molecule has 36 heavy (non-hydrogen) atoms. The molecular weight excluding hydrogens is 454 g/mol. The fraction of sp³-hybridized carbons (Fsp3) is 0.321. The average molecular weight is 484 g/mol. The smallest absolute Gasteiger partial charge is 0.346 e. The monoisotopic (exact) mass is 483 g/mol. The van der Waals surface area contributed by atoms with Crippen LogP contribution in [0.5, 0.6) is 23.3 Å². The number of para-hydroxylation sites is 1. The highest BCUT2D eigenvalue weighted by molar-refractivity contribution is 5.84. The van der Waals surface area contributed by atoms with Crippen molar-refractivity contribution in [1.29, 1.82) is 0 Å². The van der Waals surface area contributed by atoms with Crippen LogP contribution in [0.15, 0.2) is 54.6 Å². The van der Waals surface area contributed by atoms with Gasteiger partial charge in [-0.05, 0) is 88.8 Å². The van der Waals surface area contributed by atoms with Crippen LogP contribution in [0.25, 0.3) is 16.8 Å². The van der Waals surface area contributed by atoms with Crippen molar-refractivity contribution < 1.29 is 14.2 Å². The van der Waals surface area contributed by atoms with Gasteiger partial charge >= 0.3 is 6.01 Å². The molecule has 0 bridgehead atoms. The molecule has 1 aliphatic heterocycles. The van der Waals surface area contributed by atoms with Crippen LogP contribution < -0.4 is 14.2 Å². The minimum atomic E-state index is 0.277. The Bertz CT molecular complexity index is 1400. The van der Waals surface area contributed by atoms with Crippen LogP contribution in [0, 0.1) is 0 Å². The van der Waals surface area contributed by atoms with Crippen LogP contribution in [-0.2, 0) is 12.8 Å². The quantitative estimate of drug-likeness (QED) is 0.366. The molecule has 0 saturated carbocycles. The molecule has 0 saturated heterocycles. The topological polar surface area (TPSA) is 74.5 Å². The van der Waals surface area contributed by atoms with E-state index in [4.69, 9.17) is 14.2 Å². The summed E-state index contributed by atoms with van der Waals surface area (Å²) in [5, 5.41) is 12.2. The number of nitrogens with zero attached hydrogens (tertiary/aromatic N) is 5. The summed E-state index contributed by atoms with van der Waals surface area (Å²) in [4.78, 5) is 2.61. The van der Waals surface area contributed by atoms with Gasteiger partial charge in [-0.25, -0.2) is 0 Å². The standard InChI is InChI=1S/C28H29N5O3/c1-4-13-32-14-12-19-15-21(34-2)17-22-25(19)23(32)16-18-10-11-24(35-3)27(26(18)22)36-28-29-30-31-33(28)20-8-6-5-7-9-20/h5-11,15,17,23H,4,12-14,16H2,1-3H3/t23-/m1/s1. The number of ether oxygens (including phenoxy) is 3. The summed E-state index contributed by atoms with van der Waals surface area (Å²) >= 11 is 0. The highest BCUT2D eigenvalue weighted by Gasteiger charge is 2.37. The maximum Gasteiger partial charge on any atom is 0.346 e. The van der Waals surface area contributed by atoms with Crippen molar-refractivity contribution >= 4 is 0 Å². The van der Waals surface area contributed by atoms with Crippen molar-refractivity contribution in [3.05, 3.63) is 71.3 Å². The second-order valence-corrected chi connectivity index (χ2v) is 9.20. The Balaban J connectivity index is 1.53. The minimum absolute atomic E-state index is 0.277. The predicted octanol–water partition coefficient (Wildman–Crippen LogP) is 5.00. The lowest BCUT2D eigenvalue weighted by atomic mass is 9.76. The second-order valence-electron chi connectivity index (χ2n) is 9.20. The van der Waals surface area contributed by atoms with Crippen molar-refractivity contribution in [2.45, 2.75) is 32.2 Å². The van der Waals surface area contributed by atoms with Crippen molar-refractivity contribution in [2.75, 3.05) is 27.3 Å². The molecule has 2 aliphatic rings. The average Bonchev–Trinajstić information content (AvgIpc) is 3.38. The lowest BCUT2D eigenvalue weighted by Crippen LogP contribution is -2.38. The number of fused-ring (bicyclic) bond motifs is 2. The number of benzene rings is 3. The minimum Gasteiger partial charge on any atom is -0.497 e. The van der Waals surface area contributed by atoms with Gasteiger partial charge in [-0.2, -0.15) is 4.68 Å². The summed E-state index contributed by atoms with van der Waals surface area (Å²) in [6, 6.07) is 18.8. The first-order valence-electron chi connectivity index (χ1n) is 12.4. The zero-order valence-corrected chi connectivity index (χ0v) is 20.8. The fourth-order valence-corrected chi connectivity index (χ4v) is 5.60. The molecule has 0 unspecified atom stereocenters. The van der Waals surface area contributed by atoms with E-state index in [-0.39, 0.29) is 6.01 Å². The van der Waals surface area contributed by atoms with Gasteiger partial charge in [-0.1, -0.05) is 36.3 Å². The van der Waals surface area contributed by atoms with E-state index in [0.29, 0.717) is 17.5 Å². The molecule has 0 N–H and O–H groups in total. The number of hydrogen-bond donors (Lipinski definition) is 0. The highest BCUT2D eigenvalue weighted by atomic mass is 16.5. The van der Waals surface area contributed by atoms with Gasteiger partial charge < -0.3 is 14.2 Å². The third-order valence-corrected chi connectivity index (χ3v) is 7.17. The van der Waals surface area contributed by atoms with Crippen molar-refractivity contribution in [1.82, 2.24) is 25.1 Å². The first kappa shape index (κ1) is 22.5.